The van der Waals surface area contributed by atoms with Crippen molar-refractivity contribution in [1.82, 2.24) is 10.2 Å². The first-order chi connectivity index (χ1) is 10.3. The monoisotopic (exact) mass is 293 g/mol. The average molecular weight is 293 g/mol. The van der Waals surface area contributed by atoms with Crippen molar-refractivity contribution < 1.29 is 9.84 Å². The lowest BCUT2D eigenvalue weighted by Gasteiger charge is -2.31. The molecule has 0 bridgehead atoms. The van der Waals surface area contributed by atoms with Crippen LogP contribution in [-0.4, -0.2) is 63.0 Å². The Morgan fingerprint density at radius 1 is 1.33 bits per heavy atom. The van der Waals surface area contributed by atoms with Crippen molar-refractivity contribution in [3.63, 3.8) is 0 Å². The van der Waals surface area contributed by atoms with E-state index >= 15 is 0 Å². The normalized spacial score (nSPS) is 15.5. The van der Waals surface area contributed by atoms with Gasteiger partial charge in [-0.05, 0) is 24.2 Å². The van der Waals surface area contributed by atoms with Gasteiger partial charge in [0, 0.05) is 39.3 Å². The fourth-order valence-corrected chi connectivity index (χ4v) is 2.74. The molecule has 5 heteroatoms. The summed E-state index contributed by atoms with van der Waals surface area (Å²) < 4.78 is 5.58. The zero-order chi connectivity index (χ0) is 15.1. The molecule has 1 aromatic carbocycles. The molecule has 0 spiro atoms. The summed E-state index contributed by atoms with van der Waals surface area (Å²) in [6, 6.07) is 6.45. The molecule has 0 aliphatic carbocycles. The number of anilines is 1. The number of benzene rings is 1. The van der Waals surface area contributed by atoms with Crippen LogP contribution in [0.15, 0.2) is 18.2 Å². The highest BCUT2D eigenvalue weighted by Crippen LogP contribution is 2.30. The van der Waals surface area contributed by atoms with E-state index in [4.69, 9.17) is 9.84 Å². The third-order valence-electron chi connectivity index (χ3n) is 3.97. The van der Waals surface area contributed by atoms with Crippen LogP contribution in [0.5, 0.6) is 5.75 Å². The predicted octanol–water partition coefficient (Wildman–Crippen LogP) is 0.919. The van der Waals surface area contributed by atoms with Crippen LogP contribution in [0.3, 0.4) is 0 Å². The number of nitrogens with zero attached hydrogens (tertiary/aromatic N) is 2. The Labute approximate surface area is 127 Å². The number of hydrogen-bond acceptors (Lipinski definition) is 5. The molecule has 0 amide bonds. The maximum absolute atomic E-state index is 9.08. The lowest BCUT2D eigenvalue weighted by molar-refractivity contribution is 0.196. The highest BCUT2D eigenvalue weighted by molar-refractivity contribution is 5.60. The van der Waals surface area contributed by atoms with Gasteiger partial charge in [-0.3, -0.25) is 4.90 Å². The molecule has 1 heterocycles. The Balaban J connectivity index is 2.11. The summed E-state index contributed by atoms with van der Waals surface area (Å²) in [5.41, 5.74) is 2.40. The predicted molar refractivity (Wildman–Crippen MR) is 86.1 cm³/mol. The number of likely N-dealkylation sites (N-methyl/N-ethyl adjacent to an activating group) is 1. The third kappa shape index (κ3) is 4.33. The van der Waals surface area contributed by atoms with E-state index < -0.39 is 0 Å². The van der Waals surface area contributed by atoms with Gasteiger partial charge in [-0.1, -0.05) is 13.0 Å². The summed E-state index contributed by atoms with van der Waals surface area (Å²) in [6.45, 7) is 8.86. The first kappa shape index (κ1) is 16.1. The summed E-state index contributed by atoms with van der Waals surface area (Å²) in [7, 11) is 1.73. The van der Waals surface area contributed by atoms with Gasteiger partial charge in [0.2, 0.25) is 0 Å². The molecule has 1 fully saturated rings. The molecule has 0 saturated carbocycles. The zero-order valence-corrected chi connectivity index (χ0v) is 13.1. The quantitative estimate of drug-likeness (QED) is 0.783. The van der Waals surface area contributed by atoms with Crippen LogP contribution in [0, 0.1) is 0 Å². The number of methoxy groups -OCH3 is 1. The number of hydrogen-bond donors (Lipinski definition) is 2. The molecule has 2 rings (SSSR count). The van der Waals surface area contributed by atoms with E-state index in [-0.39, 0.29) is 6.61 Å². The highest BCUT2D eigenvalue weighted by Gasteiger charge is 2.15. The number of aliphatic hydroxyl groups is 1. The third-order valence-corrected chi connectivity index (χ3v) is 3.97. The number of ether oxygens (including phenoxy) is 1. The SMILES string of the molecule is CCN(CCO)Cc1ccc(N2CCNCC2)c(OC)c1. The molecular weight excluding hydrogens is 266 g/mol. The van der Waals surface area contributed by atoms with Crippen LogP contribution < -0.4 is 15.0 Å². The summed E-state index contributed by atoms with van der Waals surface area (Å²) in [5, 5.41) is 12.5. The van der Waals surface area contributed by atoms with E-state index in [2.05, 4.69) is 40.2 Å². The maximum atomic E-state index is 9.08. The second-order valence-electron chi connectivity index (χ2n) is 5.34. The summed E-state index contributed by atoms with van der Waals surface area (Å²) >= 11 is 0. The van der Waals surface area contributed by atoms with E-state index in [1.54, 1.807) is 7.11 Å². The standard InChI is InChI=1S/C16H27N3O2/c1-3-18(10-11-20)13-14-4-5-15(16(12-14)21-2)19-8-6-17-7-9-19/h4-5,12,17,20H,3,6-11,13H2,1-2H3. The van der Waals surface area contributed by atoms with Gasteiger partial charge in [-0.25, -0.2) is 0 Å². The van der Waals surface area contributed by atoms with Gasteiger partial charge in [0.15, 0.2) is 0 Å². The lowest BCUT2D eigenvalue weighted by Crippen LogP contribution is -2.43. The van der Waals surface area contributed by atoms with Crippen LogP contribution in [0.1, 0.15) is 12.5 Å². The minimum Gasteiger partial charge on any atom is -0.495 e. The first-order valence-corrected chi connectivity index (χ1v) is 7.74. The van der Waals surface area contributed by atoms with Gasteiger partial charge >= 0.3 is 0 Å². The molecule has 118 valence electrons. The number of piperazine rings is 1. The molecular formula is C16H27N3O2. The van der Waals surface area contributed by atoms with Crippen LogP contribution in [0.25, 0.3) is 0 Å². The number of rotatable bonds is 7. The van der Waals surface area contributed by atoms with E-state index in [0.29, 0.717) is 6.54 Å². The summed E-state index contributed by atoms with van der Waals surface area (Å²) in [5.74, 6) is 0.939. The number of aliphatic hydroxyl groups excluding tert-OH is 1. The van der Waals surface area contributed by atoms with Crippen molar-refractivity contribution in [3.05, 3.63) is 23.8 Å². The first-order valence-electron chi connectivity index (χ1n) is 7.74. The number of nitrogens with one attached hydrogen (secondary N) is 1. The molecule has 0 unspecified atom stereocenters. The molecule has 0 atom stereocenters. The van der Waals surface area contributed by atoms with E-state index in [1.807, 2.05) is 0 Å². The molecule has 1 aromatic rings. The van der Waals surface area contributed by atoms with Gasteiger partial charge < -0.3 is 20.1 Å². The largest absolute Gasteiger partial charge is 0.495 e. The molecule has 21 heavy (non-hydrogen) atoms. The van der Waals surface area contributed by atoms with E-state index in [0.717, 1.165) is 45.0 Å². The van der Waals surface area contributed by atoms with Crippen LogP contribution in [-0.2, 0) is 6.54 Å². The van der Waals surface area contributed by atoms with E-state index in [9.17, 15) is 0 Å². The van der Waals surface area contributed by atoms with Crippen molar-refractivity contribution >= 4 is 5.69 Å². The van der Waals surface area contributed by atoms with Crippen molar-refractivity contribution in [3.8, 4) is 5.75 Å². The smallest absolute Gasteiger partial charge is 0.142 e. The zero-order valence-electron chi connectivity index (χ0n) is 13.1. The average Bonchev–Trinajstić information content (AvgIpc) is 2.55. The van der Waals surface area contributed by atoms with Crippen molar-refractivity contribution in [2.45, 2.75) is 13.5 Å². The second kappa shape index (κ2) is 8.22. The molecule has 5 nitrogen and oxygen atoms in total. The molecule has 1 saturated heterocycles. The molecule has 0 radical (unpaired) electrons. The Morgan fingerprint density at radius 3 is 2.71 bits per heavy atom. The fourth-order valence-electron chi connectivity index (χ4n) is 2.74. The van der Waals surface area contributed by atoms with Crippen molar-refractivity contribution in [2.75, 3.05) is 57.9 Å². The lowest BCUT2D eigenvalue weighted by atomic mass is 10.1. The molecule has 1 aliphatic heterocycles. The second-order valence-corrected chi connectivity index (χ2v) is 5.34. The van der Waals surface area contributed by atoms with Gasteiger partial charge in [0.1, 0.15) is 5.75 Å². The molecule has 2 N–H and O–H groups in total. The fraction of sp³-hybridized carbons (Fsp3) is 0.625. The maximum Gasteiger partial charge on any atom is 0.142 e. The molecule has 0 aromatic heterocycles. The molecule has 1 aliphatic rings. The van der Waals surface area contributed by atoms with Crippen LogP contribution >= 0.6 is 0 Å². The van der Waals surface area contributed by atoms with E-state index in [1.165, 1.54) is 11.3 Å². The van der Waals surface area contributed by atoms with Gasteiger partial charge in [0.05, 0.1) is 19.4 Å². The highest BCUT2D eigenvalue weighted by atomic mass is 16.5. The van der Waals surface area contributed by atoms with Crippen LogP contribution in [0.2, 0.25) is 0 Å². The van der Waals surface area contributed by atoms with Gasteiger partial charge in [0.25, 0.3) is 0 Å². The van der Waals surface area contributed by atoms with Gasteiger partial charge in [-0.15, -0.1) is 0 Å². The van der Waals surface area contributed by atoms with Gasteiger partial charge in [-0.2, -0.15) is 0 Å². The Hall–Kier alpha value is -1.30. The van der Waals surface area contributed by atoms with Crippen molar-refractivity contribution in [2.24, 2.45) is 0 Å². The Kier molecular flexibility index (Phi) is 6.29. The summed E-state index contributed by atoms with van der Waals surface area (Å²) in [4.78, 5) is 4.59. The van der Waals surface area contributed by atoms with Crippen molar-refractivity contribution in [1.29, 1.82) is 0 Å². The Morgan fingerprint density at radius 2 is 2.10 bits per heavy atom. The topological polar surface area (TPSA) is 48.0 Å². The Bertz CT molecular complexity index is 434. The summed E-state index contributed by atoms with van der Waals surface area (Å²) in [6.07, 6.45) is 0. The minimum atomic E-state index is 0.198. The minimum absolute atomic E-state index is 0.198. The van der Waals surface area contributed by atoms with Crippen LogP contribution in [0.4, 0.5) is 5.69 Å².